The van der Waals surface area contributed by atoms with E-state index in [2.05, 4.69) is 16.6 Å². The van der Waals surface area contributed by atoms with Gasteiger partial charge in [0.2, 0.25) is 0 Å². The van der Waals surface area contributed by atoms with Gasteiger partial charge in [-0.15, -0.1) is 0 Å². The zero-order chi connectivity index (χ0) is 9.60. The van der Waals surface area contributed by atoms with Gasteiger partial charge in [-0.25, -0.2) is 0 Å². The highest BCUT2D eigenvalue weighted by atomic mass is 16.5. The summed E-state index contributed by atoms with van der Waals surface area (Å²) in [4.78, 5) is 0. The van der Waals surface area contributed by atoms with Crippen LogP contribution in [0.1, 0.15) is 18.0 Å². The van der Waals surface area contributed by atoms with E-state index < -0.39 is 0 Å². The van der Waals surface area contributed by atoms with Crippen LogP contribution in [0.15, 0.2) is 12.4 Å². The molecule has 0 aliphatic carbocycles. The maximum absolute atomic E-state index is 5.49. The van der Waals surface area contributed by atoms with E-state index in [4.69, 9.17) is 4.74 Å². The van der Waals surface area contributed by atoms with Crippen LogP contribution in [0.2, 0.25) is 0 Å². The molecule has 4 nitrogen and oxygen atoms in total. The van der Waals surface area contributed by atoms with Crippen LogP contribution in [0.4, 0.5) is 0 Å². The molecule has 3 heterocycles. The number of hydrogen-bond acceptors (Lipinski definition) is 3. The van der Waals surface area contributed by atoms with Crippen molar-refractivity contribution in [3.8, 4) is 0 Å². The van der Waals surface area contributed by atoms with Gasteiger partial charge in [0.15, 0.2) is 0 Å². The van der Waals surface area contributed by atoms with E-state index in [0.717, 1.165) is 19.8 Å². The standard InChI is InChI=1S/C10H15N3O/c1-13-5-8(4-12-13)9-10(6-11-9)2-3-14-7-10/h4-5,9,11H,2-3,6-7H2,1H3/t9-,10+/m0/s1. The summed E-state index contributed by atoms with van der Waals surface area (Å²) in [5.74, 6) is 0. The molecular weight excluding hydrogens is 178 g/mol. The normalized spacial score (nSPS) is 36.2. The zero-order valence-electron chi connectivity index (χ0n) is 8.36. The summed E-state index contributed by atoms with van der Waals surface area (Å²) in [5.41, 5.74) is 1.66. The Morgan fingerprint density at radius 1 is 1.71 bits per heavy atom. The highest BCUT2D eigenvalue weighted by molar-refractivity contribution is 5.21. The predicted molar refractivity (Wildman–Crippen MR) is 51.8 cm³/mol. The Kier molecular flexibility index (Phi) is 1.69. The molecule has 0 bridgehead atoms. The summed E-state index contributed by atoms with van der Waals surface area (Å²) in [6.07, 6.45) is 5.23. The number of ether oxygens (including phenoxy) is 1. The van der Waals surface area contributed by atoms with Gasteiger partial charge in [-0.1, -0.05) is 0 Å². The summed E-state index contributed by atoms with van der Waals surface area (Å²) in [5, 5.41) is 7.68. The Bertz CT molecular complexity index is 341. The highest BCUT2D eigenvalue weighted by Gasteiger charge is 2.50. The van der Waals surface area contributed by atoms with E-state index in [0.29, 0.717) is 11.5 Å². The van der Waals surface area contributed by atoms with Gasteiger partial charge >= 0.3 is 0 Å². The van der Waals surface area contributed by atoms with E-state index in [9.17, 15) is 0 Å². The number of rotatable bonds is 1. The maximum Gasteiger partial charge on any atom is 0.0553 e. The molecule has 4 heteroatoms. The van der Waals surface area contributed by atoms with Crippen LogP contribution in [-0.4, -0.2) is 29.5 Å². The van der Waals surface area contributed by atoms with Crippen molar-refractivity contribution >= 4 is 0 Å². The number of nitrogens with one attached hydrogen (secondary N) is 1. The minimum Gasteiger partial charge on any atom is -0.381 e. The van der Waals surface area contributed by atoms with Gasteiger partial charge in [-0.3, -0.25) is 4.68 Å². The van der Waals surface area contributed by atoms with Crippen LogP contribution in [0.3, 0.4) is 0 Å². The van der Waals surface area contributed by atoms with Crippen molar-refractivity contribution in [1.82, 2.24) is 15.1 Å². The fraction of sp³-hybridized carbons (Fsp3) is 0.700. The first-order valence-corrected chi connectivity index (χ1v) is 5.10. The largest absolute Gasteiger partial charge is 0.381 e. The summed E-state index contributed by atoms with van der Waals surface area (Å²) < 4.78 is 7.35. The Morgan fingerprint density at radius 2 is 2.64 bits per heavy atom. The van der Waals surface area contributed by atoms with Crippen molar-refractivity contribution in [3.63, 3.8) is 0 Å². The van der Waals surface area contributed by atoms with Crippen molar-refractivity contribution in [2.75, 3.05) is 19.8 Å². The van der Waals surface area contributed by atoms with Crippen LogP contribution in [0.5, 0.6) is 0 Å². The molecule has 2 saturated heterocycles. The van der Waals surface area contributed by atoms with Gasteiger partial charge < -0.3 is 10.1 Å². The van der Waals surface area contributed by atoms with Crippen LogP contribution in [0.25, 0.3) is 0 Å². The van der Waals surface area contributed by atoms with Crippen molar-refractivity contribution < 1.29 is 4.74 Å². The summed E-state index contributed by atoms with van der Waals surface area (Å²) in [7, 11) is 1.96. The average molecular weight is 193 g/mol. The molecule has 76 valence electrons. The van der Waals surface area contributed by atoms with Crippen molar-refractivity contribution in [1.29, 1.82) is 0 Å². The first kappa shape index (κ1) is 8.44. The zero-order valence-corrected chi connectivity index (χ0v) is 8.36. The van der Waals surface area contributed by atoms with Gasteiger partial charge in [0, 0.05) is 43.4 Å². The number of aromatic nitrogens is 2. The molecule has 1 aromatic heterocycles. The maximum atomic E-state index is 5.49. The highest BCUT2D eigenvalue weighted by Crippen LogP contribution is 2.46. The van der Waals surface area contributed by atoms with Crippen LogP contribution >= 0.6 is 0 Å². The monoisotopic (exact) mass is 193 g/mol. The van der Waals surface area contributed by atoms with E-state index >= 15 is 0 Å². The molecule has 2 aliphatic heterocycles. The second kappa shape index (κ2) is 2.81. The Labute approximate surface area is 83.2 Å². The molecule has 1 aromatic rings. The molecule has 0 amide bonds. The quantitative estimate of drug-likeness (QED) is 0.704. The number of nitrogens with zero attached hydrogens (tertiary/aromatic N) is 2. The Balaban J connectivity index is 1.86. The first-order valence-electron chi connectivity index (χ1n) is 5.10. The lowest BCUT2D eigenvalue weighted by atomic mass is 9.71. The minimum absolute atomic E-state index is 0.364. The summed E-state index contributed by atoms with van der Waals surface area (Å²) in [6.45, 7) is 2.91. The third kappa shape index (κ3) is 1.04. The third-order valence-electron chi connectivity index (χ3n) is 3.46. The van der Waals surface area contributed by atoms with E-state index in [1.165, 1.54) is 12.0 Å². The van der Waals surface area contributed by atoms with Crippen molar-refractivity contribution in [3.05, 3.63) is 18.0 Å². The lowest BCUT2D eigenvalue weighted by molar-refractivity contribution is 0.0577. The molecule has 3 rings (SSSR count). The van der Waals surface area contributed by atoms with Crippen molar-refractivity contribution in [2.45, 2.75) is 12.5 Å². The van der Waals surface area contributed by atoms with Gasteiger partial charge in [-0.2, -0.15) is 5.10 Å². The molecular formula is C10H15N3O. The minimum atomic E-state index is 0.364. The van der Waals surface area contributed by atoms with Crippen molar-refractivity contribution in [2.24, 2.45) is 12.5 Å². The molecule has 14 heavy (non-hydrogen) atoms. The van der Waals surface area contributed by atoms with Gasteiger partial charge in [0.05, 0.1) is 12.8 Å². The van der Waals surface area contributed by atoms with Crippen LogP contribution in [0, 0.1) is 5.41 Å². The molecule has 2 aliphatic rings. The molecule has 2 atom stereocenters. The second-order valence-corrected chi connectivity index (χ2v) is 4.43. The van der Waals surface area contributed by atoms with Gasteiger partial charge in [0.1, 0.15) is 0 Å². The SMILES string of the molecule is Cn1cc([C@@H]2NC[C@@]23CCOC3)cn1. The van der Waals surface area contributed by atoms with Gasteiger partial charge in [-0.05, 0) is 6.42 Å². The summed E-state index contributed by atoms with van der Waals surface area (Å²) in [6, 6.07) is 0.457. The second-order valence-electron chi connectivity index (χ2n) is 4.43. The predicted octanol–water partition coefficient (Wildman–Crippen LogP) is 0.471. The number of hydrogen-bond donors (Lipinski definition) is 1. The lowest BCUT2D eigenvalue weighted by Crippen LogP contribution is -2.56. The van der Waals surface area contributed by atoms with Crippen LogP contribution in [-0.2, 0) is 11.8 Å². The van der Waals surface area contributed by atoms with Gasteiger partial charge in [0.25, 0.3) is 0 Å². The third-order valence-corrected chi connectivity index (χ3v) is 3.46. The molecule has 1 spiro atoms. The number of aryl methyl sites for hydroxylation is 1. The summed E-state index contributed by atoms with van der Waals surface area (Å²) >= 11 is 0. The molecule has 2 fully saturated rings. The van der Waals surface area contributed by atoms with E-state index in [-0.39, 0.29) is 0 Å². The smallest absolute Gasteiger partial charge is 0.0553 e. The molecule has 0 aromatic carbocycles. The first-order chi connectivity index (χ1) is 6.80. The Morgan fingerprint density at radius 3 is 3.14 bits per heavy atom. The molecule has 1 N–H and O–H groups in total. The topological polar surface area (TPSA) is 39.1 Å². The molecule has 0 saturated carbocycles. The van der Waals surface area contributed by atoms with E-state index in [1.807, 2.05) is 17.9 Å². The fourth-order valence-electron chi connectivity index (χ4n) is 2.54. The molecule has 0 radical (unpaired) electrons. The lowest BCUT2D eigenvalue weighted by Gasteiger charge is -2.46. The average Bonchev–Trinajstić information content (AvgIpc) is 2.73. The fourth-order valence-corrected chi connectivity index (χ4v) is 2.54. The van der Waals surface area contributed by atoms with Crippen LogP contribution < -0.4 is 5.32 Å². The molecule has 0 unspecified atom stereocenters. The Hall–Kier alpha value is -0.870. The van der Waals surface area contributed by atoms with E-state index in [1.54, 1.807) is 0 Å².